The summed E-state index contributed by atoms with van der Waals surface area (Å²) in [5, 5.41) is 6.60. The molecule has 128 valence electrons. The Hall–Kier alpha value is -2.58. The van der Waals surface area contributed by atoms with E-state index in [4.69, 9.17) is 4.74 Å². The monoisotopic (exact) mass is 376 g/mol. The molecule has 5 nitrogen and oxygen atoms in total. The Labute approximate surface area is 151 Å². The number of benzene rings is 1. The highest BCUT2D eigenvalue weighted by Crippen LogP contribution is 2.28. The average molecular weight is 376 g/mol. The molecule has 1 N–H and O–H groups in total. The fourth-order valence-electron chi connectivity index (χ4n) is 1.95. The van der Waals surface area contributed by atoms with Gasteiger partial charge < -0.3 is 10.1 Å². The van der Waals surface area contributed by atoms with Crippen LogP contribution in [-0.2, 0) is 9.53 Å². The van der Waals surface area contributed by atoms with Gasteiger partial charge in [-0.15, -0.1) is 22.7 Å². The van der Waals surface area contributed by atoms with Gasteiger partial charge >= 0.3 is 5.97 Å². The van der Waals surface area contributed by atoms with Crippen LogP contribution < -0.4 is 5.32 Å². The van der Waals surface area contributed by atoms with Crippen LogP contribution in [0.4, 0.5) is 10.1 Å². The Morgan fingerprint density at radius 2 is 2.00 bits per heavy atom. The number of halogens is 1. The molecule has 0 aliphatic carbocycles. The Morgan fingerprint density at radius 1 is 1.20 bits per heavy atom. The summed E-state index contributed by atoms with van der Waals surface area (Å²) in [7, 11) is 0. The zero-order valence-corrected chi connectivity index (χ0v) is 14.7. The first-order valence-electron chi connectivity index (χ1n) is 7.30. The number of carbonyl (C=O) groups excluding carboxylic acids is 2. The van der Waals surface area contributed by atoms with Crippen LogP contribution in [-0.4, -0.2) is 23.0 Å². The first-order valence-corrected chi connectivity index (χ1v) is 9.06. The van der Waals surface area contributed by atoms with Crippen LogP contribution in [0.2, 0.25) is 0 Å². The number of thiophene rings is 1. The molecule has 0 fully saturated rings. The molecule has 1 aromatic carbocycles. The highest BCUT2D eigenvalue weighted by Gasteiger charge is 2.22. The number of ether oxygens (including phenoxy) is 1. The van der Waals surface area contributed by atoms with Crippen molar-refractivity contribution < 1.29 is 18.7 Å². The van der Waals surface area contributed by atoms with Gasteiger partial charge in [0.1, 0.15) is 10.8 Å². The predicted molar refractivity (Wildman–Crippen MR) is 95.3 cm³/mol. The minimum atomic E-state index is -1.08. The third-order valence-electron chi connectivity index (χ3n) is 3.23. The Morgan fingerprint density at radius 3 is 2.72 bits per heavy atom. The second kappa shape index (κ2) is 7.54. The summed E-state index contributed by atoms with van der Waals surface area (Å²) in [5.41, 5.74) is 0.169. The number of aromatic nitrogens is 1. The summed E-state index contributed by atoms with van der Waals surface area (Å²) in [6, 6.07) is 9.57. The van der Waals surface area contributed by atoms with Crippen molar-refractivity contribution in [3.63, 3.8) is 0 Å². The Kier molecular flexibility index (Phi) is 5.20. The minimum absolute atomic E-state index is 0.0315. The number of para-hydroxylation sites is 1. The van der Waals surface area contributed by atoms with Crippen LogP contribution in [0.3, 0.4) is 0 Å². The van der Waals surface area contributed by atoms with Crippen molar-refractivity contribution in [1.82, 2.24) is 4.98 Å². The van der Waals surface area contributed by atoms with Crippen LogP contribution in [0.15, 0.2) is 47.2 Å². The number of amides is 1. The molecule has 0 aliphatic heterocycles. The van der Waals surface area contributed by atoms with Gasteiger partial charge in [0, 0.05) is 5.38 Å². The molecule has 0 saturated heterocycles. The first kappa shape index (κ1) is 17.2. The maximum absolute atomic E-state index is 13.5. The molecule has 3 aromatic rings. The van der Waals surface area contributed by atoms with Crippen LogP contribution in [0.1, 0.15) is 17.4 Å². The molecule has 3 rings (SSSR count). The van der Waals surface area contributed by atoms with E-state index in [9.17, 15) is 14.0 Å². The molecule has 1 amide bonds. The fourth-order valence-corrected chi connectivity index (χ4v) is 3.56. The van der Waals surface area contributed by atoms with E-state index >= 15 is 0 Å². The first-order chi connectivity index (χ1) is 12.0. The van der Waals surface area contributed by atoms with Crippen LogP contribution >= 0.6 is 22.7 Å². The van der Waals surface area contributed by atoms with Gasteiger partial charge in [0.2, 0.25) is 0 Å². The largest absolute Gasteiger partial charge is 0.448 e. The molecule has 25 heavy (non-hydrogen) atoms. The molecule has 0 saturated carbocycles. The molecule has 2 heterocycles. The topological polar surface area (TPSA) is 68.3 Å². The summed E-state index contributed by atoms with van der Waals surface area (Å²) in [6.07, 6.45) is -1.08. The minimum Gasteiger partial charge on any atom is -0.448 e. The van der Waals surface area contributed by atoms with Crippen molar-refractivity contribution >= 4 is 40.2 Å². The van der Waals surface area contributed by atoms with Gasteiger partial charge in [-0.2, -0.15) is 0 Å². The molecule has 8 heteroatoms. The van der Waals surface area contributed by atoms with Crippen molar-refractivity contribution in [3.8, 4) is 9.88 Å². The van der Waals surface area contributed by atoms with Crippen LogP contribution in [0.25, 0.3) is 9.88 Å². The molecular formula is C17H13FN2O3S2. The molecule has 0 unspecified atom stereocenters. The summed E-state index contributed by atoms with van der Waals surface area (Å²) in [5.74, 6) is -1.88. The van der Waals surface area contributed by atoms with E-state index in [-0.39, 0.29) is 11.4 Å². The number of anilines is 1. The number of rotatable bonds is 5. The average Bonchev–Trinajstić information content (AvgIpc) is 3.28. The lowest BCUT2D eigenvalue weighted by atomic mass is 10.3. The van der Waals surface area contributed by atoms with Gasteiger partial charge in [0.05, 0.1) is 10.6 Å². The Balaban J connectivity index is 1.62. The number of nitrogens with one attached hydrogen (secondary N) is 1. The zero-order chi connectivity index (χ0) is 17.8. The van der Waals surface area contributed by atoms with Gasteiger partial charge in [0.25, 0.3) is 5.91 Å². The number of hydrogen-bond donors (Lipinski definition) is 1. The van der Waals surface area contributed by atoms with Crippen LogP contribution in [0.5, 0.6) is 0 Å². The van der Waals surface area contributed by atoms with Gasteiger partial charge in [-0.3, -0.25) is 4.79 Å². The zero-order valence-electron chi connectivity index (χ0n) is 13.1. The normalized spacial score (nSPS) is 11.8. The van der Waals surface area contributed by atoms with Gasteiger partial charge in [0.15, 0.2) is 11.8 Å². The van der Waals surface area contributed by atoms with Crippen molar-refractivity contribution in [3.05, 3.63) is 58.7 Å². The third kappa shape index (κ3) is 4.09. The highest BCUT2D eigenvalue weighted by molar-refractivity contribution is 7.20. The Bertz CT molecular complexity index is 893. The molecule has 1 atom stereocenters. The van der Waals surface area contributed by atoms with Crippen molar-refractivity contribution in [2.24, 2.45) is 0 Å². The van der Waals surface area contributed by atoms with Gasteiger partial charge in [-0.25, -0.2) is 14.2 Å². The third-order valence-corrected chi connectivity index (χ3v) is 5.11. The molecule has 0 spiro atoms. The summed E-state index contributed by atoms with van der Waals surface area (Å²) in [6.45, 7) is 1.42. The smallest absolute Gasteiger partial charge is 0.358 e. The van der Waals surface area contributed by atoms with Crippen molar-refractivity contribution in [1.29, 1.82) is 0 Å². The lowest BCUT2D eigenvalue weighted by Crippen LogP contribution is -2.30. The molecular weight excluding hydrogens is 363 g/mol. The molecule has 0 bridgehead atoms. The molecule has 2 aromatic heterocycles. The number of hydrogen-bond acceptors (Lipinski definition) is 6. The standard InChI is InChI=1S/C17H13FN2O3S2/c1-10(15(21)19-12-6-3-2-5-11(12)18)23-17(22)13-9-25-16(20-13)14-7-4-8-24-14/h2-10H,1H3,(H,19,21)/t10-/m1/s1. The van der Waals surface area contributed by atoms with E-state index in [0.29, 0.717) is 5.01 Å². The number of nitrogens with zero attached hydrogens (tertiary/aromatic N) is 1. The summed E-state index contributed by atoms with van der Waals surface area (Å²) < 4.78 is 18.7. The second-order valence-corrected chi connectivity index (χ2v) is 6.84. The number of carbonyl (C=O) groups is 2. The van der Waals surface area contributed by atoms with E-state index in [0.717, 1.165) is 4.88 Å². The molecule has 0 aliphatic rings. The van der Waals surface area contributed by atoms with Crippen LogP contribution in [0, 0.1) is 5.82 Å². The SMILES string of the molecule is C[C@@H](OC(=O)c1csc(-c2cccs2)n1)C(=O)Nc1ccccc1F. The maximum Gasteiger partial charge on any atom is 0.358 e. The van der Waals surface area contributed by atoms with E-state index in [2.05, 4.69) is 10.3 Å². The number of thiazole rings is 1. The predicted octanol–water partition coefficient (Wildman–Crippen LogP) is 4.19. The van der Waals surface area contributed by atoms with E-state index in [1.807, 2.05) is 17.5 Å². The highest BCUT2D eigenvalue weighted by atomic mass is 32.1. The second-order valence-electron chi connectivity index (χ2n) is 5.03. The van der Waals surface area contributed by atoms with Crippen molar-refractivity contribution in [2.75, 3.05) is 5.32 Å². The number of esters is 1. The summed E-state index contributed by atoms with van der Waals surface area (Å²) >= 11 is 2.84. The van der Waals surface area contributed by atoms with E-state index in [1.165, 1.54) is 47.8 Å². The van der Waals surface area contributed by atoms with E-state index < -0.39 is 23.8 Å². The lowest BCUT2D eigenvalue weighted by Gasteiger charge is -2.13. The maximum atomic E-state index is 13.5. The fraction of sp³-hybridized carbons (Fsp3) is 0.118. The summed E-state index contributed by atoms with van der Waals surface area (Å²) in [4.78, 5) is 29.4. The van der Waals surface area contributed by atoms with E-state index in [1.54, 1.807) is 11.4 Å². The lowest BCUT2D eigenvalue weighted by molar-refractivity contribution is -0.123. The van der Waals surface area contributed by atoms with Gasteiger partial charge in [-0.1, -0.05) is 18.2 Å². The van der Waals surface area contributed by atoms with Gasteiger partial charge in [-0.05, 0) is 30.5 Å². The quantitative estimate of drug-likeness (QED) is 0.678. The van der Waals surface area contributed by atoms with Crippen molar-refractivity contribution in [2.45, 2.75) is 13.0 Å². The molecule has 0 radical (unpaired) electrons.